The lowest BCUT2D eigenvalue weighted by Crippen LogP contribution is -2.33. The van der Waals surface area contributed by atoms with Crippen molar-refractivity contribution in [2.24, 2.45) is 0 Å². The van der Waals surface area contributed by atoms with E-state index in [0.717, 1.165) is 17.9 Å². The summed E-state index contributed by atoms with van der Waals surface area (Å²) in [6, 6.07) is 0.713. The van der Waals surface area contributed by atoms with Gasteiger partial charge in [-0.1, -0.05) is 18.0 Å². The highest BCUT2D eigenvalue weighted by Gasteiger charge is 2.11. The molecule has 104 valence electrons. The quantitative estimate of drug-likeness (QED) is 0.814. The maximum atomic E-state index is 5.75. The Balaban J connectivity index is 0.00000162. The summed E-state index contributed by atoms with van der Waals surface area (Å²) in [5.41, 5.74) is 0. The zero-order valence-corrected chi connectivity index (χ0v) is 12.8. The number of hydrogen-bond acceptors (Lipinski definition) is 4. The van der Waals surface area contributed by atoms with Crippen LogP contribution in [0.2, 0.25) is 4.47 Å². The van der Waals surface area contributed by atoms with E-state index in [1.165, 1.54) is 43.6 Å². The van der Waals surface area contributed by atoms with Crippen molar-refractivity contribution in [2.45, 2.75) is 44.8 Å². The molecule has 1 aromatic rings. The predicted molar refractivity (Wildman–Crippen MR) is 78.9 cm³/mol. The molecular formula is C12H20Cl2N2OS. The first-order chi connectivity index (χ1) is 8.34. The molecule has 6 heteroatoms. The van der Waals surface area contributed by atoms with Gasteiger partial charge in [0.15, 0.2) is 4.47 Å². The van der Waals surface area contributed by atoms with Crippen molar-refractivity contribution in [3.05, 3.63) is 15.5 Å². The zero-order valence-electron chi connectivity index (χ0n) is 10.4. The van der Waals surface area contributed by atoms with Gasteiger partial charge < -0.3 is 10.1 Å². The van der Waals surface area contributed by atoms with E-state index in [2.05, 4.69) is 10.3 Å². The summed E-state index contributed by atoms with van der Waals surface area (Å²) in [6.45, 7) is 2.65. The van der Waals surface area contributed by atoms with Crippen LogP contribution in [0.5, 0.6) is 0 Å². The standard InChI is InChI=1S/C12H19ClN2OS.ClH/c13-12-15-8-11(17-12)9-16-7-3-5-10-4-1-2-6-14-10;/h8,10,14H,1-7,9H2;1H. The Morgan fingerprint density at radius 1 is 1.50 bits per heavy atom. The maximum Gasteiger partial charge on any atom is 0.183 e. The fraction of sp³-hybridized carbons (Fsp3) is 0.750. The first-order valence-corrected chi connectivity index (χ1v) is 7.45. The molecule has 1 aliphatic rings. The van der Waals surface area contributed by atoms with Crippen LogP contribution in [0, 0.1) is 0 Å². The van der Waals surface area contributed by atoms with Gasteiger partial charge >= 0.3 is 0 Å². The van der Waals surface area contributed by atoms with Crippen LogP contribution in [0.3, 0.4) is 0 Å². The Morgan fingerprint density at radius 3 is 3.06 bits per heavy atom. The molecule has 1 fully saturated rings. The van der Waals surface area contributed by atoms with Gasteiger partial charge in [0, 0.05) is 18.8 Å². The van der Waals surface area contributed by atoms with Crippen LogP contribution < -0.4 is 5.32 Å². The number of halogens is 2. The third-order valence-electron chi connectivity index (χ3n) is 3.02. The minimum absolute atomic E-state index is 0. The van der Waals surface area contributed by atoms with Crippen LogP contribution in [0.1, 0.15) is 37.0 Å². The molecule has 1 saturated heterocycles. The SMILES string of the molecule is Cl.Clc1ncc(COCCCC2CCCCN2)s1. The van der Waals surface area contributed by atoms with Crippen molar-refractivity contribution >= 4 is 35.3 Å². The molecule has 1 atom stereocenters. The molecule has 2 heterocycles. The van der Waals surface area contributed by atoms with Crippen molar-refractivity contribution in [1.29, 1.82) is 0 Å². The average Bonchev–Trinajstić information content (AvgIpc) is 2.76. The van der Waals surface area contributed by atoms with Crippen LogP contribution in [-0.2, 0) is 11.3 Å². The molecule has 1 aliphatic heterocycles. The number of hydrogen-bond donors (Lipinski definition) is 1. The molecule has 0 saturated carbocycles. The van der Waals surface area contributed by atoms with Crippen LogP contribution in [0.15, 0.2) is 6.20 Å². The molecule has 3 nitrogen and oxygen atoms in total. The highest BCUT2D eigenvalue weighted by Crippen LogP contribution is 2.18. The van der Waals surface area contributed by atoms with E-state index in [0.29, 0.717) is 17.1 Å². The largest absolute Gasteiger partial charge is 0.376 e. The number of rotatable bonds is 6. The lowest BCUT2D eigenvalue weighted by Gasteiger charge is -2.23. The van der Waals surface area contributed by atoms with Crippen molar-refractivity contribution in [3.8, 4) is 0 Å². The summed E-state index contributed by atoms with van der Waals surface area (Å²) in [7, 11) is 0. The van der Waals surface area contributed by atoms with Gasteiger partial charge in [0.05, 0.1) is 11.5 Å². The second-order valence-electron chi connectivity index (χ2n) is 4.42. The third-order valence-corrected chi connectivity index (χ3v) is 4.11. The van der Waals surface area contributed by atoms with Crippen LogP contribution >= 0.6 is 35.3 Å². The normalized spacial score (nSPS) is 19.5. The third kappa shape index (κ3) is 5.85. The monoisotopic (exact) mass is 310 g/mol. The second-order valence-corrected chi connectivity index (χ2v) is 6.12. The Morgan fingerprint density at radius 2 is 2.39 bits per heavy atom. The first-order valence-electron chi connectivity index (χ1n) is 6.26. The summed E-state index contributed by atoms with van der Waals surface area (Å²) < 4.78 is 6.20. The molecular weight excluding hydrogens is 291 g/mol. The van der Waals surface area contributed by atoms with E-state index in [1.807, 2.05) is 0 Å². The van der Waals surface area contributed by atoms with Crippen LogP contribution in [0.4, 0.5) is 0 Å². The van der Waals surface area contributed by atoms with Crippen molar-refractivity contribution in [1.82, 2.24) is 10.3 Å². The van der Waals surface area contributed by atoms with E-state index in [1.54, 1.807) is 6.20 Å². The van der Waals surface area contributed by atoms with E-state index in [9.17, 15) is 0 Å². The average molecular weight is 311 g/mol. The lowest BCUT2D eigenvalue weighted by molar-refractivity contribution is 0.116. The summed E-state index contributed by atoms with van der Waals surface area (Å²) in [5.74, 6) is 0. The number of thiazole rings is 1. The Hall–Kier alpha value is 0.130. The minimum atomic E-state index is 0. The van der Waals surface area contributed by atoms with Gasteiger partial charge in [-0.2, -0.15) is 0 Å². The van der Waals surface area contributed by atoms with E-state index >= 15 is 0 Å². The number of piperidine rings is 1. The first kappa shape index (κ1) is 16.2. The van der Waals surface area contributed by atoms with Crippen molar-refractivity contribution in [3.63, 3.8) is 0 Å². The van der Waals surface area contributed by atoms with Gasteiger partial charge in [0.25, 0.3) is 0 Å². The van der Waals surface area contributed by atoms with Crippen LogP contribution in [0.25, 0.3) is 0 Å². The Bertz CT molecular complexity index is 330. The predicted octanol–water partition coefficient (Wildman–Crippen LogP) is 3.66. The summed E-state index contributed by atoms with van der Waals surface area (Å²) in [4.78, 5) is 5.09. The summed E-state index contributed by atoms with van der Waals surface area (Å²) in [5, 5.41) is 3.55. The van der Waals surface area contributed by atoms with E-state index in [-0.39, 0.29) is 12.4 Å². The molecule has 18 heavy (non-hydrogen) atoms. The molecule has 2 rings (SSSR count). The molecule has 0 bridgehead atoms. The van der Waals surface area contributed by atoms with Gasteiger partial charge in [0.1, 0.15) is 0 Å². The molecule has 0 aliphatic carbocycles. The number of nitrogens with zero attached hydrogens (tertiary/aromatic N) is 1. The number of aromatic nitrogens is 1. The summed E-state index contributed by atoms with van der Waals surface area (Å²) >= 11 is 7.24. The van der Waals surface area contributed by atoms with E-state index < -0.39 is 0 Å². The fourth-order valence-corrected chi connectivity index (χ4v) is 3.04. The van der Waals surface area contributed by atoms with Gasteiger partial charge in [-0.25, -0.2) is 4.98 Å². The van der Waals surface area contributed by atoms with Crippen LogP contribution in [-0.4, -0.2) is 24.2 Å². The van der Waals surface area contributed by atoms with E-state index in [4.69, 9.17) is 16.3 Å². The zero-order chi connectivity index (χ0) is 11.9. The van der Waals surface area contributed by atoms with Crippen molar-refractivity contribution in [2.75, 3.05) is 13.2 Å². The molecule has 1 N–H and O–H groups in total. The minimum Gasteiger partial charge on any atom is -0.376 e. The molecule has 1 unspecified atom stereocenters. The van der Waals surface area contributed by atoms with Crippen molar-refractivity contribution < 1.29 is 4.74 Å². The second kappa shape index (κ2) is 9.10. The van der Waals surface area contributed by atoms with Gasteiger partial charge in [-0.3, -0.25) is 0 Å². The lowest BCUT2D eigenvalue weighted by atomic mass is 10.0. The summed E-state index contributed by atoms with van der Waals surface area (Å²) in [6.07, 6.45) is 8.17. The highest BCUT2D eigenvalue weighted by molar-refractivity contribution is 7.15. The topological polar surface area (TPSA) is 34.1 Å². The number of nitrogens with one attached hydrogen (secondary N) is 1. The van der Waals surface area contributed by atoms with Gasteiger partial charge in [0.2, 0.25) is 0 Å². The number of ether oxygens (including phenoxy) is 1. The highest BCUT2D eigenvalue weighted by atomic mass is 35.5. The van der Waals surface area contributed by atoms with Gasteiger partial charge in [-0.15, -0.1) is 23.7 Å². The Kier molecular flexibility index (Phi) is 8.18. The maximum absolute atomic E-state index is 5.75. The molecule has 0 radical (unpaired) electrons. The molecule has 0 amide bonds. The smallest absolute Gasteiger partial charge is 0.183 e. The Labute approximate surface area is 124 Å². The molecule has 1 aromatic heterocycles. The molecule has 0 aromatic carbocycles. The molecule has 0 spiro atoms. The fourth-order valence-electron chi connectivity index (χ4n) is 2.13. The van der Waals surface area contributed by atoms with Gasteiger partial charge in [-0.05, 0) is 32.2 Å².